The van der Waals surface area contributed by atoms with Gasteiger partial charge in [0, 0.05) is 6.42 Å². The van der Waals surface area contributed by atoms with Crippen molar-refractivity contribution in [2.75, 3.05) is 0 Å². The topological polar surface area (TPSA) is 26.3 Å². The number of fused-ring (bicyclic) bond motifs is 1. The predicted molar refractivity (Wildman–Crippen MR) is 58.5 cm³/mol. The van der Waals surface area contributed by atoms with Gasteiger partial charge < -0.3 is 4.74 Å². The van der Waals surface area contributed by atoms with Crippen molar-refractivity contribution < 1.29 is 9.53 Å². The Kier molecular flexibility index (Phi) is 3.05. The van der Waals surface area contributed by atoms with Gasteiger partial charge >= 0.3 is 5.97 Å². The Labute approximate surface area is 90.3 Å². The SMILES string of the molecule is CCC(=O)OC1CCCc2ccccc21. The van der Waals surface area contributed by atoms with Gasteiger partial charge in [0.05, 0.1) is 0 Å². The molecule has 2 heteroatoms. The van der Waals surface area contributed by atoms with Gasteiger partial charge in [0.1, 0.15) is 6.10 Å². The Morgan fingerprint density at radius 3 is 3.07 bits per heavy atom. The third kappa shape index (κ3) is 2.20. The summed E-state index contributed by atoms with van der Waals surface area (Å²) in [4.78, 5) is 11.3. The smallest absolute Gasteiger partial charge is 0.306 e. The summed E-state index contributed by atoms with van der Waals surface area (Å²) in [6.45, 7) is 1.83. The number of benzene rings is 1. The summed E-state index contributed by atoms with van der Waals surface area (Å²) in [7, 11) is 0. The molecular formula is C13H16O2. The van der Waals surface area contributed by atoms with Crippen molar-refractivity contribution in [3.63, 3.8) is 0 Å². The lowest BCUT2D eigenvalue weighted by atomic mass is 9.89. The molecule has 0 saturated carbocycles. The van der Waals surface area contributed by atoms with Crippen LogP contribution in [-0.4, -0.2) is 5.97 Å². The predicted octanol–water partition coefficient (Wildman–Crippen LogP) is 3.02. The van der Waals surface area contributed by atoms with Gasteiger partial charge in [0.15, 0.2) is 0 Å². The largest absolute Gasteiger partial charge is 0.457 e. The number of hydrogen-bond acceptors (Lipinski definition) is 2. The molecule has 0 saturated heterocycles. The van der Waals surface area contributed by atoms with Gasteiger partial charge in [0.25, 0.3) is 0 Å². The Morgan fingerprint density at radius 2 is 2.27 bits per heavy atom. The number of esters is 1. The molecule has 1 atom stereocenters. The number of ether oxygens (including phenoxy) is 1. The maximum atomic E-state index is 11.3. The van der Waals surface area contributed by atoms with E-state index in [4.69, 9.17) is 4.74 Å². The number of aryl methyl sites for hydroxylation is 1. The lowest BCUT2D eigenvalue weighted by molar-refractivity contribution is -0.149. The van der Waals surface area contributed by atoms with Crippen molar-refractivity contribution >= 4 is 5.97 Å². The molecule has 2 rings (SSSR count). The first-order valence-electron chi connectivity index (χ1n) is 5.58. The van der Waals surface area contributed by atoms with Gasteiger partial charge in [-0.15, -0.1) is 0 Å². The monoisotopic (exact) mass is 204 g/mol. The van der Waals surface area contributed by atoms with E-state index < -0.39 is 0 Å². The van der Waals surface area contributed by atoms with Gasteiger partial charge in [-0.2, -0.15) is 0 Å². The fraction of sp³-hybridized carbons (Fsp3) is 0.462. The Hall–Kier alpha value is -1.31. The second kappa shape index (κ2) is 4.47. The van der Waals surface area contributed by atoms with E-state index in [1.54, 1.807) is 0 Å². The molecule has 0 aliphatic heterocycles. The summed E-state index contributed by atoms with van der Waals surface area (Å²) in [5.41, 5.74) is 2.53. The maximum absolute atomic E-state index is 11.3. The third-order valence-corrected chi connectivity index (χ3v) is 2.88. The summed E-state index contributed by atoms with van der Waals surface area (Å²) in [5.74, 6) is -0.100. The zero-order valence-corrected chi connectivity index (χ0v) is 9.03. The summed E-state index contributed by atoms with van der Waals surface area (Å²) in [6, 6.07) is 8.25. The Morgan fingerprint density at radius 1 is 1.47 bits per heavy atom. The lowest BCUT2D eigenvalue weighted by Crippen LogP contribution is -2.16. The average molecular weight is 204 g/mol. The molecular weight excluding hydrogens is 188 g/mol. The molecule has 0 bridgehead atoms. The van der Waals surface area contributed by atoms with Crippen LogP contribution in [0.1, 0.15) is 43.4 Å². The highest BCUT2D eigenvalue weighted by Crippen LogP contribution is 2.32. The molecule has 0 spiro atoms. The van der Waals surface area contributed by atoms with Crippen LogP contribution in [0.4, 0.5) is 0 Å². The second-order valence-electron chi connectivity index (χ2n) is 3.92. The van der Waals surface area contributed by atoms with Crippen molar-refractivity contribution in [3.05, 3.63) is 35.4 Å². The van der Waals surface area contributed by atoms with Crippen molar-refractivity contribution in [2.45, 2.75) is 38.7 Å². The summed E-state index contributed by atoms with van der Waals surface area (Å²) in [5, 5.41) is 0. The standard InChI is InChI=1S/C13H16O2/c1-2-13(14)15-12-9-5-7-10-6-3-4-8-11(10)12/h3-4,6,8,12H,2,5,7,9H2,1H3. The summed E-state index contributed by atoms with van der Waals surface area (Å²) < 4.78 is 5.43. The maximum Gasteiger partial charge on any atom is 0.306 e. The van der Waals surface area contributed by atoms with Crippen LogP contribution in [0.2, 0.25) is 0 Å². The fourth-order valence-electron chi connectivity index (χ4n) is 2.07. The third-order valence-electron chi connectivity index (χ3n) is 2.88. The molecule has 0 aromatic heterocycles. The van der Waals surface area contributed by atoms with Crippen molar-refractivity contribution in [1.29, 1.82) is 0 Å². The van der Waals surface area contributed by atoms with E-state index >= 15 is 0 Å². The minimum Gasteiger partial charge on any atom is -0.457 e. The van der Waals surface area contributed by atoms with Crippen LogP contribution in [0.5, 0.6) is 0 Å². The van der Waals surface area contributed by atoms with E-state index in [9.17, 15) is 4.79 Å². The number of carbonyl (C=O) groups is 1. The van der Waals surface area contributed by atoms with Crippen molar-refractivity contribution in [3.8, 4) is 0 Å². The summed E-state index contributed by atoms with van der Waals surface area (Å²) in [6.07, 6.45) is 3.62. The molecule has 1 unspecified atom stereocenters. The molecule has 1 aromatic rings. The zero-order valence-electron chi connectivity index (χ0n) is 9.03. The molecule has 1 aromatic carbocycles. The Balaban J connectivity index is 2.18. The van der Waals surface area contributed by atoms with Gasteiger partial charge in [-0.3, -0.25) is 4.79 Å². The highest BCUT2D eigenvalue weighted by atomic mass is 16.5. The fourth-order valence-corrected chi connectivity index (χ4v) is 2.07. The zero-order chi connectivity index (χ0) is 10.7. The van der Waals surface area contributed by atoms with Crippen LogP contribution in [0.3, 0.4) is 0 Å². The van der Waals surface area contributed by atoms with Crippen LogP contribution in [0.25, 0.3) is 0 Å². The second-order valence-corrected chi connectivity index (χ2v) is 3.92. The van der Waals surface area contributed by atoms with Gasteiger partial charge in [-0.1, -0.05) is 31.2 Å². The minimum absolute atomic E-state index is 0.0117. The molecule has 1 aliphatic rings. The normalized spacial score (nSPS) is 19.4. The Bertz CT molecular complexity index is 357. The highest BCUT2D eigenvalue weighted by Gasteiger charge is 2.22. The lowest BCUT2D eigenvalue weighted by Gasteiger charge is -2.25. The number of carbonyl (C=O) groups excluding carboxylic acids is 1. The minimum atomic E-state index is -0.100. The van der Waals surface area contributed by atoms with Crippen LogP contribution in [-0.2, 0) is 16.0 Å². The van der Waals surface area contributed by atoms with E-state index in [1.807, 2.05) is 19.1 Å². The van der Waals surface area contributed by atoms with Crippen LogP contribution >= 0.6 is 0 Å². The molecule has 0 radical (unpaired) electrons. The van der Waals surface area contributed by atoms with Gasteiger partial charge in [-0.25, -0.2) is 0 Å². The van der Waals surface area contributed by atoms with E-state index in [0.29, 0.717) is 6.42 Å². The van der Waals surface area contributed by atoms with E-state index in [0.717, 1.165) is 19.3 Å². The van der Waals surface area contributed by atoms with Gasteiger partial charge in [0.2, 0.25) is 0 Å². The van der Waals surface area contributed by atoms with Crippen LogP contribution in [0, 0.1) is 0 Å². The van der Waals surface area contributed by atoms with Crippen molar-refractivity contribution in [2.24, 2.45) is 0 Å². The molecule has 0 heterocycles. The first kappa shape index (κ1) is 10.2. The highest BCUT2D eigenvalue weighted by molar-refractivity contribution is 5.69. The van der Waals surface area contributed by atoms with Crippen LogP contribution < -0.4 is 0 Å². The van der Waals surface area contributed by atoms with Crippen LogP contribution in [0.15, 0.2) is 24.3 Å². The molecule has 0 N–H and O–H groups in total. The molecule has 0 amide bonds. The molecule has 2 nitrogen and oxygen atoms in total. The molecule has 80 valence electrons. The average Bonchev–Trinajstić information content (AvgIpc) is 2.29. The first-order valence-corrected chi connectivity index (χ1v) is 5.58. The first-order chi connectivity index (χ1) is 7.31. The van der Waals surface area contributed by atoms with E-state index in [2.05, 4.69) is 12.1 Å². The van der Waals surface area contributed by atoms with Gasteiger partial charge in [-0.05, 0) is 30.4 Å². The molecule has 15 heavy (non-hydrogen) atoms. The number of hydrogen-bond donors (Lipinski definition) is 0. The molecule has 1 aliphatic carbocycles. The number of rotatable bonds is 2. The quantitative estimate of drug-likeness (QED) is 0.692. The van der Waals surface area contributed by atoms with Crippen molar-refractivity contribution in [1.82, 2.24) is 0 Å². The van der Waals surface area contributed by atoms with E-state index in [-0.39, 0.29) is 12.1 Å². The summed E-state index contributed by atoms with van der Waals surface area (Å²) >= 11 is 0. The van der Waals surface area contributed by atoms with E-state index in [1.165, 1.54) is 11.1 Å². The molecule has 0 fully saturated rings.